The predicted octanol–water partition coefficient (Wildman–Crippen LogP) is 4.30. The van der Waals surface area contributed by atoms with Crippen LogP contribution in [0.3, 0.4) is 0 Å². The molecule has 0 saturated heterocycles. The Kier molecular flexibility index (Phi) is 14.9. The molecular formula is C18H35O7P. The second-order valence-corrected chi connectivity index (χ2v) is 7.96. The highest BCUT2D eigenvalue weighted by Crippen LogP contribution is 2.36. The molecule has 0 aromatic heterocycles. The molecule has 0 rings (SSSR count). The van der Waals surface area contributed by atoms with E-state index in [0.717, 1.165) is 19.3 Å². The molecule has 0 saturated carbocycles. The van der Waals surface area contributed by atoms with E-state index in [-0.39, 0.29) is 25.0 Å². The van der Waals surface area contributed by atoms with E-state index in [9.17, 15) is 14.2 Å². The SMILES string of the molecule is CCCCCCCCCCCC(=O)O[C@H](CCC(C)=O)COP(=O)(O)O. The summed E-state index contributed by atoms with van der Waals surface area (Å²) in [5.74, 6) is -0.503. The first-order chi connectivity index (χ1) is 12.2. The van der Waals surface area contributed by atoms with Crippen molar-refractivity contribution in [3.8, 4) is 0 Å². The molecule has 0 bridgehead atoms. The first-order valence-electron chi connectivity index (χ1n) is 9.63. The predicted molar refractivity (Wildman–Crippen MR) is 99.6 cm³/mol. The number of ether oxygens (including phenoxy) is 1. The molecule has 2 N–H and O–H groups in total. The van der Waals surface area contributed by atoms with Crippen molar-refractivity contribution in [2.24, 2.45) is 0 Å². The minimum absolute atomic E-state index is 0.0823. The minimum atomic E-state index is -4.63. The Hall–Kier alpha value is -0.750. The number of Topliss-reactive ketones (excluding diaryl/α,β-unsaturated/α-hetero) is 1. The molecule has 0 aliphatic heterocycles. The Morgan fingerprint density at radius 2 is 1.46 bits per heavy atom. The van der Waals surface area contributed by atoms with Crippen molar-refractivity contribution in [2.45, 2.75) is 97.0 Å². The highest BCUT2D eigenvalue weighted by atomic mass is 31.2. The fourth-order valence-electron chi connectivity index (χ4n) is 2.55. The number of ketones is 1. The van der Waals surface area contributed by atoms with E-state index >= 15 is 0 Å². The molecule has 0 aliphatic rings. The van der Waals surface area contributed by atoms with Crippen molar-refractivity contribution in [2.75, 3.05) is 6.61 Å². The Labute approximate surface area is 157 Å². The van der Waals surface area contributed by atoms with Crippen molar-refractivity contribution in [1.29, 1.82) is 0 Å². The van der Waals surface area contributed by atoms with E-state index in [1.54, 1.807) is 0 Å². The normalized spacial score (nSPS) is 12.8. The van der Waals surface area contributed by atoms with Crippen molar-refractivity contribution in [3.63, 3.8) is 0 Å². The van der Waals surface area contributed by atoms with E-state index in [1.165, 1.54) is 45.4 Å². The molecular weight excluding hydrogens is 359 g/mol. The van der Waals surface area contributed by atoms with Gasteiger partial charge < -0.3 is 19.3 Å². The van der Waals surface area contributed by atoms with Gasteiger partial charge in [-0.2, -0.15) is 0 Å². The lowest BCUT2D eigenvalue weighted by molar-refractivity contribution is -0.151. The summed E-state index contributed by atoms with van der Waals surface area (Å²) in [6, 6.07) is 0. The molecule has 0 heterocycles. The second kappa shape index (κ2) is 15.3. The number of hydrogen-bond donors (Lipinski definition) is 2. The molecule has 8 heteroatoms. The van der Waals surface area contributed by atoms with Gasteiger partial charge in [0.05, 0.1) is 6.61 Å². The summed E-state index contributed by atoms with van der Waals surface area (Å²) in [6.45, 7) is 3.19. The summed E-state index contributed by atoms with van der Waals surface area (Å²) in [6.07, 6.45) is 10.1. The minimum Gasteiger partial charge on any atom is -0.460 e. The summed E-state index contributed by atoms with van der Waals surface area (Å²) >= 11 is 0. The topological polar surface area (TPSA) is 110 Å². The average Bonchev–Trinajstić information content (AvgIpc) is 2.55. The molecule has 0 spiro atoms. The standard InChI is InChI=1S/C18H35O7P/c1-3-4-5-6-7-8-9-10-11-12-18(20)25-17(14-13-16(2)19)15-24-26(21,22)23/h17H,3-15H2,1-2H3,(H2,21,22,23)/t17-/m1/s1. The van der Waals surface area contributed by atoms with Crippen LogP contribution in [0, 0.1) is 0 Å². The summed E-state index contributed by atoms with van der Waals surface area (Å²) in [5.41, 5.74) is 0. The van der Waals surface area contributed by atoms with Crippen LogP contribution in [-0.4, -0.2) is 34.3 Å². The van der Waals surface area contributed by atoms with Gasteiger partial charge in [-0.1, -0.05) is 58.3 Å². The third-order valence-electron chi connectivity index (χ3n) is 4.03. The second-order valence-electron chi connectivity index (χ2n) is 6.72. The molecule has 0 aromatic carbocycles. The molecule has 7 nitrogen and oxygen atoms in total. The molecule has 0 fully saturated rings. The molecule has 0 unspecified atom stereocenters. The first-order valence-corrected chi connectivity index (χ1v) is 11.2. The van der Waals surface area contributed by atoms with Crippen LogP contribution in [0.4, 0.5) is 0 Å². The average molecular weight is 394 g/mol. The number of carbonyl (C=O) groups is 2. The maximum atomic E-state index is 11.9. The quantitative estimate of drug-likeness (QED) is 0.215. The third-order valence-corrected chi connectivity index (χ3v) is 4.51. The highest BCUT2D eigenvalue weighted by molar-refractivity contribution is 7.46. The van der Waals surface area contributed by atoms with Crippen molar-refractivity contribution >= 4 is 19.6 Å². The number of rotatable bonds is 17. The third kappa shape index (κ3) is 18.1. The van der Waals surface area contributed by atoms with Crippen LogP contribution in [0.1, 0.15) is 90.9 Å². The smallest absolute Gasteiger partial charge is 0.460 e. The first kappa shape index (κ1) is 25.2. The van der Waals surface area contributed by atoms with Gasteiger partial charge in [0.2, 0.25) is 0 Å². The molecule has 26 heavy (non-hydrogen) atoms. The summed E-state index contributed by atoms with van der Waals surface area (Å²) in [5, 5.41) is 0. The van der Waals surface area contributed by atoms with Crippen molar-refractivity contribution in [1.82, 2.24) is 0 Å². The van der Waals surface area contributed by atoms with Gasteiger partial charge in [0.25, 0.3) is 0 Å². The number of carbonyl (C=O) groups excluding carboxylic acids is 2. The number of esters is 1. The largest absolute Gasteiger partial charge is 0.469 e. The molecule has 154 valence electrons. The van der Waals surface area contributed by atoms with Crippen LogP contribution >= 0.6 is 7.82 Å². The monoisotopic (exact) mass is 394 g/mol. The van der Waals surface area contributed by atoms with Gasteiger partial charge in [-0.25, -0.2) is 4.57 Å². The van der Waals surface area contributed by atoms with Gasteiger partial charge in [0.1, 0.15) is 11.9 Å². The summed E-state index contributed by atoms with van der Waals surface area (Å²) in [7, 11) is -4.63. The lowest BCUT2D eigenvalue weighted by atomic mass is 10.1. The van der Waals surface area contributed by atoms with E-state index < -0.39 is 26.5 Å². The van der Waals surface area contributed by atoms with Crippen LogP contribution in [0.25, 0.3) is 0 Å². The van der Waals surface area contributed by atoms with E-state index in [1.807, 2.05) is 0 Å². The van der Waals surface area contributed by atoms with Gasteiger partial charge in [-0.15, -0.1) is 0 Å². The number of hydrogen-bond acceptors (Lipinski definition) is 5. The zero-order valence-electron chi connectivity index (χ0n) is 16.2. The van der Waals surface area contributed by atoms with Gasteiger partial charge in [-0.05, 0) is 19.8 Å². The summed E-state index contributed by atoms with van der Waals surface area (Å²) in [4.78, 5) is 40.4. The zero-order chi connectivity index (χ0) is 19.8. The molecule has 0 amide bonds. The lowest BCUT2D eigenvalue weighted by Gasteiger charge is -2.18. The van der Waals surface area contributed by atoms with Crippen molar-refractivity contribution < 1.29 is 33.2 Å². The van der Waals surface area contributed by atoms with Crippen LogP contribution in [0.2, 0.25) is 0 Å². The van der Waals surface area contributed by atoms with E-state index in [2.05, 4.69) is 11.4 Å². The van der Waals surface area contributed by atoms with Gasteiger partial charge >= 0.3 is 13.8 Å². The van der Waals surface area contributed by atoms with E-state index in [0.29, 0.717) is 0 Å². The molecule has 0 aliphatic carbocycles. The molecule has 0 aromatic rings. The molecule has 0 radical (unpaired) electrons. The maximum absolute atomic E-state index is 11.9. The fourth-order valence-corrected chi connectivity index (χ4v) is 2.91. The Balaban J connectivity index is 3.93. The van der Waals surface area contributed by atoms with Gasteiger partial charge in [-0.3, -0.25) is 9.32 Å². The summed E-state index contributed by atoms with van der Waals surface area (Å²) < 4.78 is 20.4. The van der Waals surface area contributed by atoms with Crippen LogP contribution in [0.5, 0.6) is 0 Å². The van der Waals surface area contributed by atoms with Gasteiger partial charge in [0, 0.05) is 12.8 Å². The van der Waals surface area contributed by atoms with Gasteiger partial charge in [0.15, 0.2) is 0 Å². The van der Waals surface area contributed by atoms with Crippen molar-refractivity contribution in [3.05, 3.63) is 0 Å². The Morgan fingerprint density at radius 1 is 0.923 bits per heavy atom. The van der Waals surface area contributed by atoms with Crippen LogP contribution in [-0.2, 0) is 23.4 Å². The Bertz CT molecular complexity index is 433. The molecule has 1 atom stereocenters. The zero-order valence-corrected chi connectivity index (χ0v) is 17.0. The fraction of sp³-hybridized carbons (Fsp3) is 0.889. The number of unbranched alkanes of at least 4 members (excludes halogenated alkanes) is 8. The maximum Gasteiger partial charge on any atom is 0.469 e. The number of phosphoric ester groups is 1. The number of phosphoric acid groups is 1. The lowest BCUT2D eigenvalue weighted by Crippen LogP contribution is -2.24. The van der Waals surface area contributed by atoms with E-state index in [4.69, 9.17) is 14.5 Å². The Morgan fingerprint density at radius 3 is 1.96 bits per heavy atom. The highest BCUT2D eigenvalue weighted by Gasteiger charge is 2.21. The van der Waals surface area contributed by atoms with Crippen LogP contribution < -0.4 is 0 Å². The van der Waals surface area contributed by atoms with Crippen LogP contribution in [0.15, 0.2) is 0 Å².